The van der Waals surface area contributed by atoms with Gasteiger partial charge in [0.15, 0.2) is 0 Å². The summed E-state index contributed by atoms with van der Waals surface area (Å²) in [7, 11) is -5.61. The van der Waals surface area contributed by atoms with Gasteiger partial charge in [0.2, 0.25) is 0 Å². The Bertz CT molecular complexity index is 29.5. The van der Waals surface area contributed by atoms with Crippen LogP contribution in [0.2, 0.25) is 0 Å². The zero-order chi connectivity index (χ0) is 4.50. The van der Waals surface area contributed by atoms with Gasteiger partial charge in [-0.05, 0) is 0 Å². The first kappa shape index (κ1) is 22.9. The molecule has 0 fully saturated rings. The number of rotatable bonds is 0. The quantitative estimate of drug-likeness (QED) is 0.398. The van der Waals surface area contributed by atoms with Crippen LogP contribution in [0.25, 0.3) is 0 Å². The van der Waals surface area contributed by atoms with Crippen molar-refractivity contribution in [2.75, 3.05) is 0 Å². The molecule has 0 aromatic rings. The molecule has 0 spiro atoms. The van der Waals surface area contributed by atoms with Gasteiger partial charge >= 0.3 is 39.0 Å². The van der Waals surface area contributed by atoms with Crippen molar-refractivity contribution in [1.29, 1.82) is 0 Å². The third-order valence-electron chi connectivity index (χ3n) is 0. The van der Waals surface area contributed by atoms with E-state index in [0.29, 0.717) is 0 Å². The van der Waals surface area contributed by atoms with Crippen molar-refractivity contribution in [2.45, 2.75) is 0 Å². The second-order valence-electron chi connectivity index (χ2n) is 0.500. The molecule has 0 unspecified atom stereocenters. The fourth-order valence-electron chi connectivity index (χ4n) is 0. The zero-order valence-electron chi connectivity index (χ0n) is 3.96. The Morgan fingerprint density at radius 2 is 0.750 bits per heavy atom. The predicted octanol–water partition coefficient (Wildman–Crippen LogP) is -4.99. The summed E-state index contributed by atoms with van der Waals surface area (Å²) < 4.78 is 0. The van der Waals surface area contributed by atoms with Crippen LogP contribution in [0.4, 0.5) is 4.70 Å². The summed E-state index contributed by atoms with van der Waals surface area (Å²) >= 11 is 0. The Morgan fingerprint density at radius 1 is 0.750 bits per heavy atom. The molecule has 0 rings (SSSR count). The number of hydrogen-bond acceptors (Lipinski definition) is 4. The van der Waals surface area contributed by atoms with E-state index >= 15 is 0 Å². The Balaban J connectivity index is -0.0000000267. The van der Waals surface area contributed by atoms with Crippen molar-refractivity contribution in [3.05, 3.63) is 0 Å². The van der Waals surface area contributed by atoms with Crippen LogP contribution in [0.5, 0.6) is 0 Å². The van der Waals surface area contributed by atoms with E-state index in [0.717, 1.165) is 0 Å². The maximum absolute atomic E-state index is 8.58. The minimum Gasteiger partial charge on any atom is -0.894 e. The monoisotopic (exact) mass is 240 g/mol. The van der Waals surface area contributed by atoms with Crippen LogP contribution in [-0.4, -0.2) is 9.05 Å². The molecule has 0 aromatic carbocycles. The normalized spacial score (nSPS) is 7.50. The smallest absolute Gasteiger partial charge is 0.894 e. The van der Waals surface area contributed by atoms with E-state index in [1.165, 1.54) is 0 Å². The molecule has 8 heteroatoms. The van der Waals surface area contributed by atoms with Gasteiger partial charge in [0.25, 0.3) is 0 Å². The van der Waals surface area contributed by atoms with E-state index in [9.17, 15) is 0 Å². The standard InChI is InChI=1S/FH.O4Si.2Zn/c;1-5(2,3)4;;/h1H;;;/q;-4;2*+2. The van der Waals surface area contributed by atoms with Gasteiger partial charge in [0, 0.05) is 0 Å². The molecule has 0 aliphatic rings. The molecule has 0 heterocycles. The Morgan fingerprint density at radius 3 is 0.750 bits per heavy atom. The summed E-state index contributed by atoms with van der Waals surface area (Å²) in [5.41, 5.74) is 0. The number of halogens is 1. The molecule has 40 valence electrons. The second-order valence-corrected chi connectivity index (χ2v) is 1.50. The third kappa shape index (κ3) is 185. The molecular formula is HFO4SiZn2. The topological polar surface area (TPSA) is 92.2 Å². The molecule has 0 aliphatic heterocycles. The third-order valence-corrected chi connectivity index (χ3v) is 0. The SMILES string of the molecule is F.[O-][Si]([O-])([O-])[O-].[Zn+2].[Zn+2]. The van der Waals surface area contributed by atoms with E-state index in [4.69, 9.17) is 19.2 Å². The van der Waals surface area contributed by atoms with Crippen molar-refractivity contribution in [3.63, 3.8) is 0 Å². The van der Waals surface area contributed by atoms with Gasteiger partial charge in [-0.1, -0.05) is 0 Å². The first-order valence-corrected chi connectivity index (χ1v) is 2.45. The van der Waals surface area contributed by atoms with Crippen molar-refractivity contribution < 1.29 is 62.8 Å². The predicted molar refractivity (Wildman–Crippen MR) is 8.26 cm³/mol. The van der Waals surface area contributed by atoms with Gasteiger partial charge in [0.05, 0.1) is 0 Å². The average Bonchev–Trinajstić information content (AvgIpc) is 0.722. The minimum atomic E-state index is -5.61. The molecule has 0 bridgehead atoms. The van der Waals surface area contributed by atoms with Gasteiger partial charge in [0.1, 0.15) is 0 Å². The van der Waals surface area contributed by atoms with E-state index in [-0.39, 0.29) is 43.7 Å². The summed E-state index contributed by atoms with van der Waals surface area (Å²) in [4.78, 5) is 34.3. The number of hydrogen-bond donors (Lipinski definition) is 0. The van der Waals surface area contributed by atoms with Gasteiger partial charge in [-0.25, -0.2) is 0 Å². The first-order valence-electron chi connectivity index (χ1n) is 0.816. The molecule has 0 atom stereocenters. The van der Waals surface area contributed by atoms with Crippen LogP contribution in [0, 0.1) is 0 Å². The van der Waals surface area contributed by atoms with Crippen molar-refractivity contribution in [3.8, 4) is 0 Å². The van der Waals surface area contributed by atoms with Crippen LogP contribution in [0.15, 0.2) is 0 Å². The molecule has 4 nitrogen and oxygen atoms in total. The van der Waals surface area contributed by atoms with Gasteiger partial charge < -0.3 is 28.2 Å². The van der Waals surface area contributed by atoms with Crippen LogP contribution < -0.4 is 19.2 Å². The van der Waals surface area contributed by atoms with E-state index < -0.39 is 9.05 Å². The van der Waals surface area contributed by atoms with Crippen molar-refractivity contribution >= 4 is 9.05 Å². The molecule has 8 heavy (non-hydrogen) atoms. The molecule has 0 amide bonds. The maximum atomic E-state index is 8.58. The summed E-state index contributed by atoms with van der Waals surface area (Å²) in [5.74, 6) is 0. The average molecular weight is 243 g/mol. The fourth-order valence-corrected chi connectivity index (χ4v) is 0. The molecular weight excluding hydrogens is 242 g/mol. The summed E-state index contributed by atoms with van der Waals surface area (Å²) in [6, 6.07) is 0. The Kier molecular flexibility index (Phi) is 23.5. The van der Waals surface area contributed by atoms with Crippen LogP contribution >= 0.6 is 0 Å². The molecule has 0 saturated heterocycles. The van der Waals surface area contributed by atoms with Gasteiger partial charge in [-0.2, -0.15) is 0 Å². The van der Waals surface area contributed by atoms with Crippen molar-refractivity contribution in [2.24, 2.45) is 0 Å². The van der Waals surface area contributed by atoms with Gasteiger partial charge in [-0.3, -0.25) is 4.70 Å². The minimum absolute atomic E-state index is 0. The molecule has 0 N–H and O–H groups in total. The Hall–Kier alpha value is 1.23. The molecule has 0 aliphatic carbocycles. The van der Waals surface area contributed by atoms with Crippen LogP contribution in [0.1, 0.15) is 0 Å². The second kappa shape index (κ2) is 8.23. The van der Waals surface area contributed by atoms with E-state index in [2.05, 4.69) is 0 Å². The fraction of sp³-hybridized carbons (Fsp3) is 0. The first-order chi connectivity index (χ1) is 2.00. The van der Waals surface area contributed by atoms with E-state index in [1.54, 1.807) is 0 Å². The molecule has 0 saturated carbocycles. The van der Waals surface area contributed by atoms with Gasteiger partial charge in [-0.15, -0.1) is 0 Å². The summed E-state index contributed by atoms with van der Waals surface area (Å²) in [6.45, 7) is 0. The largest absolute Gasteiger partial charge is 2.00 e. The zero-order valence-corrected chi connectivity index (χ0v) is 10.9. The molecule has 0 aromatic heterocycles. The van der Waals surface area contributed by atoms with Crippen LogP contribution in [0.3, 0.4) is 0 Å². The summed E-state index contributed by atoms with van der Waals surface area (Å²) in [6.07, 6.45) is 0. The summed E-state index contributed by atoms with van der Waals surface area (Å²) in [5, 5.41) is 0. The Labute approximate surface area is 71.9 Å². The molecule has 0 radical (unpaired) electrons. The van der Waals surface area contributed by atoms with Crippen molar-refractivity contribution in [1.82, 2.24) is 0 Å². The van der Waals surface area contributed by atoms with E-state index in [1.807, 2.05) is 0 Å². The van der Waals surface area contributed by atoms with Crippen LogP contribution in [-0.2, 0) is 39.0 Å². The maximum Gasteiger partial charge on any atom is 2.00 e.